The predicted octanol–water partition coefficient (Wildman–Crippen LogP) is -2.42. The number of carbonyl (C=O) groups is 2. The van der Waals surface area contributed by atoms with E-state index >= 15 is 0 Å². The van der Waals surface area contributed by atoms with Gasteiger partial charge in [0.25, 0.3) is 0 Å². The molecule has 1 saturated heterocycles. The molecule has 0 spiro atoms. The largest absolute Gasteiger partial charge is 0.394 e. The van der Waals surface area contributed by atoms with Crippen LogP contribution in [0.1, 0.15) is 32.6 Å². The van der Waals surface area contributed by atoms with Crippen LogP contribution in [0.2, 0.25) is 0 Å². The van der Waals surface area contributed by atoms with Crippen LogP contribution in [0.15, 0.2) is 0 Å². The van der Waals surface area contributed by atoms with Gasteiger partial charge in [0.05, 0.1) is 13.2 Å². The summed E-state index contributed by atoms with van der Waals surface area (Å²) in [6.07, 6.45) is -1.25. The Balaban J connectivity index is 2.33. The summed E-state index contributed by atoms with van der Waals surface area (Å²) in [7, 11) is 0. The van der Waals surface area contributed by atoms with Crippen molar-refractivity contribution in [3.8, 4) is 0 Å². The third-order valence-corrected chi connectivity index (χ3v) is 4.11. The van der Waals surface area contributed by atoms with Gasteiger partial charge in [0.2, 0.25) is 11.8 Å². The van der Waals surface area contributed by atoms with Crippen molar-refractivity contribution in [2.45, 2.75) is 63.3 Å². The number of rotatable bonds is 11. The molecule has 1 aliphatic heterocycles. The van der Waals surface area contributed by atoms with E-state index in [4.69, 9.17) is 15.2 Å². The van der Waals surface area contributed by atoms with Crippen LogP contribution in [0.3, 0.4) is 0 Å². The van der Waals surface area contributed by atoms with Gasteiger partial charge in [-0.1, -0.05) is 12.8 Å². The lowest BCUT2D eigenvalue weighted by atomic mass is 9.97. The molecule has 152 valence electrons. The van der Waals surface area contributed by atoms with E-state index in [1.165, 1.54) is 6.92 Å². The minimum Gasteiger partial charge on any atom is -0.394 e. The van der Waals surface area contributed by atoms with Gasteiger partial charge in [-0.05, 0) is 12.8 Å². The zero-order chi connectivity index (χ0) is 19.5. The number of nitrogens with two attached hydrogens (primary N) is 1. The summed E-state index contributed by atoms with van der Waals surface area (Å²) >= 11 is 0. The maximum atomic E-state index is 11.3. The number of amides is 2. The van der Waals surface area contributed by atoms with E-state index in [9.17, 15) is 24.9 Å². The van der Waals surface area contributed by atoms with Crippen LogP contribution in [0.4, 0.5) is 0 Å². The predicted molar refractivity (Wildman–Crippen MR) is 91.8 cm³/mol. The highest BCUT2D eigenvalue weighted by Gasteiger charge is 2.45. The molecule has 0 aromatic carbocycles. The van der Waals surface area contributed by atoms with E-state index in [1.54, 1.807) is 0 Å². The molecule has 0 aliphatic carbocycles. The summed E-state index contributed by atoms with van der Waals surface area (Å²) in [5.41, 5.74) is 5.19. The van der Waals surface area contributed by atoms with Crippen molar-refractivity contribution >= 4 is 11.8 Å². The lowest BCUT2D eigenvalue weighted by molar-refractivity contribution is -0.270. The first kappa shape index (κ1) is 22.7. The zero-order valence-electron chi connectivity index (χ0n) is 15.1. The maximum absolute atomic E-state index is 11.3. The molecule has 10 heteroatoms. The van der Waals surface area contributed by atoms with Crippen molar-refractivity contribution in [3.63, 3.8) is 0 Å². The van der Waals surface area contributed by atoms with Gasteiger partial charge in [-0.25, -0.2) is 0 Å². The summed E-state index contributed by atoms with van der Waals surface area (Å²) in [5.74, 6) is -0.564. The number of carbonyl (C=O) groups excluding carboxylic acids is 2. The lowest BCUT2D eigenvalue weighted by Crippen LogP contribution is -2.64. The molecule has 0 bridgehead atoms. The fourth-order valence-electron chi connectivity index (χ4n) is 2.69. The Morgan fingerprint density at radius 1 is 1.15 bits per heavy atom. The molecular formula is C16H31N3O7. The van der Waals surface area contributed by atoms with E-state index < -0.39 is 37.3 Å². The molecule has 10 nitrogen and oxygen atoms in total. The summed E-state index contributed by atoms with van der Waals surface area (Å²) < 4.78 is 11.1. The standard InChI is InChI=1S/C16H31N3O7/c1-10(21)19-13-15(24)14(23)11(9-20)26-16(13)25-7-5-3-2-4-6-18-12(22)8-17/h11,13-16,20,23-24H,2-9,17H2,1H3,(H,18,22)(H,19,21)/t11-,13-,14+,15-,16-/m1/s1. The molecule has 0 radical (unpaired) electrons. The van der Waals surface area contributed by atoms with Crippen LogP contribution in [-0.2, 0) is 19.1 Å². The maximum Gasteiger partial charge on any atom is 0.233 e. The number of ether oxygens (including phenoxy) is 2. The molecule has 0 saturated carbocycles. The molecule has 1 aliphatic rings. The van der Waals surface area contributed by atoms with Crippen LogP contribution in [-0.4, -0.2) is 84.1 Å². The second-order valence-corrected chi connectivity index (χ2v) is 6.27. The van der Waals surface area contributed by atoms with Gasteiger partial charge in [-0.2, -0.15) is 0 Å². The van der Waals surface area contributed by atoms with Crippen LogP contribution in [0.25, 0.3) is 0 Å². The molecule has 1 rings (SSSR count). The first-order valence-electron chi connectivity index (χ1n) is 8.88. The molecule has 0 aromatic heterocycles. The van der Waals surface area contributed by atoms with Gasteiger partial charge in [0.15, 0.2) is 6.29 Å². The first-order chi connectivity index (χ1) is 12.4. The number of nitrogens with one attached hydrogen (secondary N) is 2. The minimum atomic E-state index is -1.32. The van der Waals surface area contributed by atoms with E-state index in [2.05, 4.69) is 10.6 Å². The Labute approximate surface area is 153 Å². The van der Waals surface area contributed by atoms with E-state index in [1.807, 2.05) is 0 Å². The molecule has 1 heterocycles. The fourth-order valence-corrected chi connectivity index (χ4v) is 2.69. The first-order valence-corrected chi connectivity index (χ1v) is 8.88. The van der Waals surface area contributed by atoms with Crippen LogP contribution in [0, 0.1) is 0 Å². The summed E-state index contributed by atoms with van der Waals surface area (Å²) in [6, 6.07) is -0.920. The smallest absolute Gasteiger partial charge is 0.233 e. The average Bonchev–Trinajstić information content (AvgIpc) is 2.62. The Bertz CT molecular complexity index is 438. The van der Waals surface area contributed by atoms with Crippen molar-refractivity contribution in [1.82, 2.24) is 10.6 Å². The normalized spacial score (nSPS) is 28.6. The van der Waals surface area contributed by atoms with Gasteiger partial charge in [-0.3, -0.25) is 9.59 Å². The van der Waals surface area contributed by atoms with E-state index in [-0.39, 0.29) is 18.4 Å². The second-order valence-electron chi connectivity index (χ2n) is 6.27. The van der Waals surface area contributed by atoms with Gasteiger partial charge >= 0.3 is 0 Å². The quantitative estimate of drug-likeness (QED) is 0.217. The number of aliphatic hydroxyl groups is 3. The molecule has 1 fully saturated rings. The Morgan fingerprint density at radius 3 is 2.46 bits per heavy atom. The van der Waals surface area contributed by atoms with Crippen molar-refractivity contribution in [2.24, 2.45) is 5.73 Å². The molecule has 0 unspecified atom stereocenters. The second kappa shape index (κ2) is 12.2. The van der Waals surface area contributed by atoms with Crippen LogP contribution < -0.4 is 16.4 Å². The monoisotopic (exact) mass is 377 g/mol. The third kappa shape index (κ3) is 7.52. The van der Waals surface area contributed by atoms with Crippen molar-refractivity contribution < 1.29 is 34.4 Å². The molecule has 5 atom stereocenters. The average molecular weight is 377 g/mol. The Hall–Kier alpha value is -1.30. The zero-order valence-corrected chi connectivity index (χ0v) is 15.1. The van der Waals surface area contributed by atoms with E-state index in [0.717, 1.165) is 25.7 Å². The topological polar surface area (TPSA) is 163 Å². The fraction of sp³-hybridized carbons (Fsp3) is 0.875. The number of hydrogen-bond acceptors (Lipinski definition) is 8. The Morgan fingerprint density at radius 2 is 1.85 bits per heavy atom. The van der Waals surface area contributed by atoms with Gasteiger partial charge in [0.1, 0.15) is 24.4 Å². The van der Waals surface area contributed by atoms with Crippen molar-refractivity contribution in [1.29, 1.82) is 0 Å². The lowest BCUT2D eigenvalue weighted by Gasteiger charge is -2.42. The summed E-state index contributed by atoms with van der Waals surface area (Å²) in [5, 5.41) is 34.5. The summed E-state index contributed by atoms with van der Waals surface area (Å²) in [6.45, 7) is 1.71. The van der Waals surface area contributed by atoms with E-state index in [0.29, 0.717) is 13.2 Å². The molecule has 7 N–H and O–H groups in total. The van der Waals surface area contributed by atoms with Gasteiger partial charge in [-0.15, -0.1) is 0 Å². The van der Waals surface area contributed by atoms with Gasteiger partial charge in [0, 0.05) is 20.1 Å². The van der Waals surface area contributed by atoms with Crippen molar-refractivity contribution in [3.05, 3.63) is 0 Å². The number of aliphatic hydroxyl groups excluding tert-OH is 3. The highest BCUT2D eigenvalue weighted by Crippen LogP contribution is 2.22. The molecule has 26 heavy (non-hydrogen) atoms. The Kier molecular flexibility index (Phi) is 10.6. The van der Waals surface area contributed by atoms with Crippen molar-refractivity contribution in [2.75, 3.05) is 26.3 Å². The molecule has 0 aromatic rings. The van der Waals surface area contributed by atoms with Crippen LogP contribution in [0.5, 0.6) is 0 Å². The minimum absolute atomic E-state index is 0.0138. The summed E-state index contributed by atoms with van der Waals surface area (Å²) in [4.78, 5) is 22.3. The SMILES string of the molecule is CC(=O)N[C@H]1[C@H](OCCCCCCNC(=O)CN)O[C@H](CO)[C@H](O)[C@@H]1O. The third-order valence-electron chi connectivity index (χ3n) is 4.11. The van der Waals surface area contributed by atoms with Gasteiger partial charge < -0.3 is 41.2 Å². The highest BCUT2D eigenvalue weighted by molar-refractivity contribution is 5.77. The molecule has 2 amide bonds. The number of hydrogen-bond donors (Lipinski definition) is 6. The van der Waals surface area contributed by atoms with Crippen LogP contribution >= 0.6 is 0 Å². The number of unbranched alkanes of at least 4 members (excludes halogenated alkanes) is 3. The molecular weight excluding hydrogens is 346 g/mol. The highest BCUT2D eigenvalue weighted by atomic mass is 16.7.